The number of aromatic nitrogens is 5. The number of rotatable bonds is 5. The van der Waals surface area contributed by atoms with Gasteiger partial charge in [-0.3, -0.25) is 9.36 Å². The Bertz CT molecular complexity index is 1260. The van der Waals surface area contributed by atoms with Gasteiger partial charge in [0, 0.05) is 6.04 Å². The van der Waals surface area contributed by atoms with E-state index < -0.39 is 0 Å². The number of halogens is 1. The van der Waals surface area contributed by atoms with Crippen LogP contribution in [0.25, 0.3) is 22.3 Å². The van der Waals surface area contributed by atoms with Crippen molar-refractivity contribution in [3.8, 4) is 11.4 Å². The van der Waals surface area contributed by atoms with Crippen molar-refractivity contribution in [3.63, 3.8) is 0 Å². The van der Waals surface area contributed by atoms with Gasteiger partial charge in [0.25, 0.3) is 5.56 Å². The fourth-order valence-electron chi connectivity index (χ4n) is 3.36. The highest BCUT2D eigenvalue weighted by molar-refractivity contribution is 7.99. The Morgan fingerprint density at radius 2 is 1.90 bits per heavy atom. The van der Waals surface area contributed by atoms with Crippen molar-refractivity contribution in [1.82, 2.24) is 24.7 Å². The number of hydrogen-bond donors (Lipinski definition) is 1. The van der Waals surface area contributed by atoms with E-state index in [1.165, 1.54) is 17.8 Å². The van der Waals surface area contributed by atoms with Crippen LogP contribution in [-0.2, 0) is 0 Å². The van der Waals surface area contributed by atoms with E-state index in [-0.39, 0.29) is 22.7 Å². The highest BCUT2D eigenvalue weighted by Crippen LogP contribution is 2.43. The van der Waals surface area contributed by atoms with Crippen molar-refractivity contribution in [2.45, 2.75) is 36.2 Å². The van der Waals surface area contributed by atoms with Crippen LogP contribution < -0.4 is 5.56 Å². The third kappa shape index (κ3) is 3.33. The van der Waals surface area contributed by atoms with Gasteiger partial charge in [0.05, 0.1) is 21.7 Å². The van der Waals surface area contributed by atoms with E-state index in [4.69, 9.17) is 0 Å². The first-order valence-electron chi connectivity index (χ1n) is 9.47. The molecule has 0 spiro atoms. The maximum Gasteiger partial charge on any atom is 0.258 e. The zero-order chi connectivity index (χ0) is 20.0. The second-order valence-corrected chi connectivity index (χ2v) is 8.42. The van der Waals surface area contributed by atoms with Gasteiger partial charge in [0.1, 0.15) is 11.6 Å². The Morgan fingerprint density at radius 3 is 2.69 bits per heavy atom. The van der Waals surface area contributed by atoms with E-state index >= 15 is 0 Å². The van der Waals surface area contributed by atoms with E-state index in [9.17, 15) is 9.18 Å². The highest BCUT2D eigenvalue weighted by atomic mass is 32.2. The molecule has 1 unspecified atom stereocenters. The van der Waals surface area contributed by atoms with E-state index in [0.29, 0.717) is 33.3 Å². The van der Waals surface area contributed by atoms with Gasteiger partial charge in [0.15, 0.2) is 11.0 Å². The zero-order valence-electron chi connectivity index (χ0n) is 15.7. The summed E-state index contributed by atoms with van der Waals surface area (Å²) in [6.45, 7) is 1.96. The predicted molar refractivity (Wildman–Crippen MR) is 110 cm³/mol. The summed E-state index contributed by atoms with van der Waals surface area (Å²) in [5.41, 5.74) is 0.951. The summed E-state index contributed by atoms with van der Waals surface area (Å²) < 4.78 is 16.3. The molecule has 8 heteroatoms. The quantitative estimate of drug-likeness (QED) is 0.493. The zero-order valence-corrected chi connectivity index (χ0v) is 16.5. The molecule has 2 aromatic heterocycles. The Labute approximate surface area is 170 Å². The maximum atomic E-state index is 14.3. The van der Waals surface area contributed by atoms with Crippen molar-refractivity contribution in [3.05, 3.63) is 70.5 Å². The van der Waals surface area contributed by atoms with Gasteiger partial charge in [-0.2, -0.15) is 0 Å². The summed E-state index contributed by atoms with van der Waals surface area (Å²) in [7, 11) is 0. The van der Waals surface area contributed by atoms with Crippen LogP contribution in [-0.4, -0.2) is 24.7 Å². The molecule has 6 nitrogen and oxygen atoms in total. The highest BCUT2D eigenvalue weighted by Gasteiger charge is 2.31. The van der Waals surface area contributed by atoms with Crippen molar-refractivity contribution in [1.29, 1.82) is 0 Å². The van der Waals surface area contributed by atoms with Gasteiger partial charge in [0.2, 0.25) is 0 Å². The molecule has 0 bridgehead atoms. The fraction of sp³-hybridized carbons (Fsp3) is 0.238. The topological polar surface area (TPSA) is 76.5 Å². The SMILES string of the molecule is CC(Sc1nnc(-c2ccccc2F)n1C1CC1)c1nc2ccccc2c(=O)[nH]1. The summed E-state index contributed by atoms with van der Waals surface area (Å²) in [4.78, 5) is 19.9. The molecule has 1 saturated carbocycles. The third-order valence-electron chi connectivity index (χ3n) is 4.99. The molecule has 146 valence electrons. The van der Waals surface area contributed by atoms with Crippen LogP contribution in [0.5, 0.6) is 0 Å². The minimum Gasteiger partial charge on any atom is -0.309 e. The summed E-state index contributed by atoms with van der Waals surface area (Å²) in [5.74, 6) is 0.809. The Hall–Kier alpha value is -3.00. The van der Waals surface area contributed by atoms with Crippen LogP contribution in [0.15, 0.2) is 58.5 Å². The first-order chi connectivity index (χ1) is 14.1. The lowest BCUT2D eigenvalue weighted by molar-refractivity contribution is 0.622. The molecule has 2 heterocycles. The average molecular weight is 407 g/mol. The molecule has 5 rings (SSSR count). The molecular formula is C21H18FN5OS. The minimum absolute atomic E-state index is 0.150. The van der Waals surface area contributed by atoms with Crippen LogP contribution in [0.3, 0.4) is 0 Å². The summed E-state index contributed by atoms with van der Waals surface area (Å²) in [5, 5.41) is 9.74. The molecule has 0 radical (unpaired) electrons. The number of thioether (sulfide) groups is 1. The summed E-state index contributed by atoms with van der Waals surface area (Å²) in [6.07, 6.45) is 2.04. The van der Waals surface area contributed by atoms with Gasteiger partial charge in [-0.25, -0.2) is 9.37 Å². The average Bonchev–Trinajstić information content (AvgIpc) is 3.49. The van der Waals surface area contributed by atoms with Crippen LogP contribution >= 0.6 is 11.8 Å². The number of benzene rings is 2. The maximum absolute atomic E-state index is 14.3. The van der Waals surface area contributed by atoms with Gasteiger partial charge in [-0.15, -0.1) is 10.2 Å². The number of aromatic amines is 1. The lowest BCUT2D eigenvalue weighted by Crippen LogP contribution is -2.13. The van der Waals surface area contributed by atoms with Gasteiger partial charge < -0.3 is 4.98 Å². The molecule has 0 saturated heterocycles. The first-order valence-corrected chi connectivity index (χ1v) is 10.3. The molecule has 0 amide bonds. The standard InChI is InChI=1S/C21H18FN5OS/c1-12(18-23-17-9-5-3-7-15(17)20(28)24-18)29-21-26-25-19(27(21)13-10-11-13)14-6-2-4-8-16(14)22/h2-9,12-13H,10-11H2,1H3,(H,23,24,28). The van der Waals surface area contributed by atoms with Crippen LogP contribution in [0.1, 0.15) is 36.9 Å². The second kappa shape index (κ2) is 7.11. The number of para-hydroxylation sites is 1. The molecule has 29 heavy (non-hydrogen) atoms. The monoisotopic (exact) mass is 407 g/mol. The largest absolute Gasteiger partial charge is 0.309 e. The number of nitrogens with zero attached hydrogens (tertiary/aromatic N) is 4. The minimum atomic E-state index is -0.313. The molecular weight excluding hydrogens is 389 g/mol. The molecule has 4 aromatic rings. The van der Waals surface area contributed by atoms with Crippen molar-refractivity contribution < 1.29 is 4.39 Å². The Balaban J connectivity index is 1.51. The second-order valence-electron chi connectivity index (χ2n) is 7.12. The van der Waals surface area contributed by atoms with Crippen molar-refractivity contribution in [2.75, 3.05) is 0 Å². The van der Waals surface area contributed by atoms with Crippen LogP contribution in [0.2, 0.25) is 0 Å². The number of hydrogen-bond acceptors (Lipinski definition) is 5. The first kappa shape index (κ1) is 18.1. The molecule has 1 aliphatic rings. The summed E-state index contributed by atoms with van der Waals surface area (Å²) in [6, 6.07) is 14.2. The van der Waals surface area contributed by atoms with Crippen molar-refractivity contribution in [2.24, 2.45) is 0 Å². The van der Waals surface area contributed by atoms with Crippen molar-refractivity contribution >= 4 is 22.7 Å². The van der Waals surface area contributed by atoms with Gasteiger partial charge in [-0.1, -0.05) is 36.0 Å². The molecule has 1 N–H and O–H groups in total. The van der Waals surface area contributed by atoms with Gasteiger partial charge in [-0.05, 0) is 44.0 Å². The van der Waals surface area contributed by atoms with E-state index in [2.05, 4.69) is 20.2 Å². The third-order valence-corrected chi connectivity index (χ3v) is 6.06. The van der Waals surface area contributed by atoms with E-state index in [0.717, 1.165) is 12.8 Å². The smallest absolute Gasteiger partial charge is 0.258 e. The molecule has 0 aliphatic heterocycles. The number of H-pyrrole nitrogens is 1. The lowest BCUT2D eigenvalue weighted by Gasteiger charge is -2.13. The molecule has 2 aromatic carbocycles. The normalized spacial score (nSPS) is 15.0. The van der Waals surface area contributed by atoms with E-state index in [1.54, 1.807) is 24.3 Å². The fourth-order valence-corrected chi connectivity index (χ4v) is 4.33. The molecule has 1 fully saturated rings. The predicted octanol–water partition coefficient (Wildman–Crippen LogP) is 4.51. The van der Waals surface area contributed by atoms with Gasteiger partial charge >= 0.3 is 0 Å². The molecule has 1 aliphatic carbocycles. The summed E-state index contributed by atoms with van der Waals surface area (Å²) >= 11 is 1.46. The number of nitrogens with one attached hydrogen (secondary N) is 1. The Morgan fingerprint density at radius 1 is 1.14 bits per heavy atom. The Kier molecular flexibility index (Phi) is 4.43. The van der Waals surface area contributed by atoms with Crippen LogP contribution in [0.4, 0.5) is 4.39 Å². The van der Waals surface area contributed by atoms with E-state index in [1.807, 2.05) is 29.7 Å². The lowest BCUT2D eigenvalue weighted by atomic mass is 10.2. The van der Waals surface area contributed by atoms with Crippen LogP contribution in [0, 0.1) is 5.82 Å². The number of fused-ring (bicyclic) bond motifs is 1. The molecule has 1 atom stereocenters.